The van der Waals surface area contributed by atoms with E-state index < -0.39 is 0 Å². The molecule has 0 saturated carbocycles. The average Bonchev–Trinajstić information content (AvgIpc) is 4.01. The Labute approximate surface area is 288 Å². The fraction of sp³-hybridized carbons (Fsp3) is 0. The summed E-state index contributed by atoms with van der Waals surface area (Å²) in [6.45, 7) is 0. The van der Waals surface area contributed by atoms with Crippen molar-refractivity contribution in [1.29, 1.82) is 0 Å². The minimum absolute atomic E-state index is 0.621. The molecule has 8 bridgehead atoms. The molecule has 0 atom stereocenters. The summed E-state index contributed by atoms with van der Waals surface area (Å²) in [4.78, 5) is 27.6. The van der Waals surface area contributed by atoms with Gasteiger partial charge in [0.1, 0.15) is 0 Å². The summed E-state index contributed by atoms with van der Waals surface area (Å²) < 4.78 is 0. The van der Waals surface area contributed by atoms with Gasteiger partial charge in [-0.25, -0.2) is 0 Å². The zero-order valence-electron chi connectivity index (χ0n) is 27.1. The van der Waals surface area contributed by atoms with E-state index in [4.69, 9.17) is 0 Å². The fourth-order valence-corrected chi connectivity index (χ4v) is 7.19. The van der Waals surface area contributed by atoms with E-state index in [1.54, 1.807) is 0 Å². The standard InChI is InChI=1S/C45H32N4O/c50-28-32-18-10-11-19-33(32)45-40-26-24-38(48-40)43(30-14-6-2-7-15-30)36-22-20-34(46-36)42(29-12-4-1-5-13-29)35-21-23-37(47-35)44(31-16-8-3-9-17-31)39-25-27-41(45)49-39/h1-28,46-49H. The molecule has 4 N–H and O–H groups in total. The number of benzene rings is 4. The molecule has 5 heteroatoms. The summed E-state index contributed by atoms with van der Waals surface area (Å²) in [5, 5.41) is 3.84. The van der Waals surface area contributed by atoms with E-state index in [1.165, 1.54) is 0 Å². The number of aromatic amines is 4. The van der Waals surface area contributed by atoms with Crippen molar-refractivity contribution < 1.29 is 4.79 Å². The lowest BCUT2D eigenvalue weighted by Gasteiger charge is -2.10. The predicted octanol–water partition coefficient (Wildman–Crippen LogP) is 6.11. The number of aromatic nitrogens is 4. The van der Waals surface area contributed by atoms with Crippen LogP contribution in [0, 0.1) is 0 Å². The maximum atomic E-state index is 12.4. The number of nitrogens with one attached hydrogen (secondary N) is 4. The number of fused-ring (bicyclic) bond motifs is 8. The topological polar surface area (TPSA) is 80.2 Å². The molecule has 1 aliphatic rings. The third-order valence-corrected chi connectivity index (χ3v) is 9.44. The van der Waals surface area contributed by atoms with E-state index in [0.717, 1.165) is 95.0 Å². The molecule has 0 fully saturated rings. The van der Waals surface area contributed by atoms with Gasteiger partial charge in [0.15, 0.2) is 6.29 Å². The van der Waals surface area contributed by atoms with Crippen molar-refractivity contribution in [1.82, 2.24) is 19.9 Å². The molecule has 50 heavy (non-hydrogen) atoms. The van der Waals surface area contributed by atoms with Crippen molar-refractivity contribution in [2.24, 2.45) is 0 Å². The first-order valence-corrected chi connectivity index (χ1v) is 16.7. The van der Waals surface area contributed by atoms with Gasteiger partial charge in [-0.15, -0.1) is 0 Å². The van der Waals surface area contributed by atoms with Crippen LogP contribution in [0.5, 0.6) is 0 Å². The van der Waals surface area contributed by atoms with Crippen LogP contribution in [0.3, 0.4) is 0 Å². The Hall–Kier alpha value is -6.85. The summed E-state index contributed by atoms with van der Waals surface area (Å²) >= 11 is 0. The number of H-pyrrole nitrogens is 4. The van der Waals surface area contributed by atoms with Crippen molar-refractivity contribution in [3.05, 3.63) is 236 Å². The SMILES string of the molecule is O=Cc1ccccc1C1=c2ccc([nH]2)=C(c2ccccc2)c2ccc([nH]2)C(c2ccccc2)=c2ccc([nH]2)=C(c2ccccc2)c2ccc1[nH]2. The van der Waals surface area contributed by atoms with Gasteiger partial charge in [-0.1, -0.05) is 115 Å². The van der Waals surface area contributed by atoms with E-state index in [2.05, 4.69) is 141 Å². The molecule has 1 aliphatic heterocycles. The summed E-state index contributed by atoms with van der Waals surface area (Å²) in [7, 11) is 0. The Morgan fingerprint density at radius 3 is 1.06 bits per heavy atom. The van der Waals surface area contributed by atoms with Crippen LogP contribution in [0.2, 0.25) is 0 Å². The summed E-state index contributed by atoms with van der Waals surface area (Å²) in [6, 6.07) is 56.3. The molecule has 5 nitrogen and oxygen atoms in total. The molecular weight excluding hydrogens is 613 g/mol. The fourth-order valence-electron chi connectivity index (χ4n) is 7.19. The molecule has 4 aromatic carbocycles. The van der Waals surface area contributed by atoms with Gasteiger partial charge in [0.05, 0.1) is 0 Å². The number of hydrogen-bond donors (Lipinski definition) is 4. The molecule has 0 spiro atoms. The lowest BCUT2D eigenvalue weighted by atomic mass is 9.97. The summed E-state index contributed by atoms with van der Waals surface area (Å²) in [5.41, 5.74) is 12.7. The van der Waals surface area contributed by atoms with Gasteiger partial charge in [0.2, 0.25) is 0 Å². The molecule has 5 heterocycles. The largest absolute Gasteiger partial charge is 0.354 e. The van der Waals surface area contributed by atoms with Gasteiger partial charge in [0.25, 0.3) is 0 Å². The maximum absolute atomic E-state index is 12.4. The Balaban J connectivity index is 1.45. The molecule has 0 aliphatic carbocycles. The van der Waals surface area contributed by atoms with E-state index in [-0.39, 0.29) is 0 Å². The highest BCUT2D eigenvalue weighted by atomic mass is 16.1. The lowest BCUT2D eigenvalue weighted by molar-refractivity contribution is 0.112. The normalized spacial score (nSPS) is 12.7. The van der Waals surface area contributed by atoms with Crippen LogP contribution in [-0.2, 0) is 0 Å². The van der Waals surface area contributed by atoms with Gasteiger partial charge < -0.3 is 19.9 Å². The van der Waals surface area contributed by atoms with E-state index in [9.17, 15) is 4.79 Å². The molecule has 0 amide bonds. The van der Waals surface area contributed by atoms with Crippen molar-refractivity contribution in [3.63, 3.8) is 0 Å². The molecule has 9 rings (SSSR count). The Morgan fingerprint density at radius 1 is 0.320 bits per heavy atom. The minimum atomic E-state index is 0.621. The monoisotopic (exact) mass is 644 g/mol. The van der Waals surface area contributed by atoms with Gasteiger partial charge in [0, 0.05) is 72.0 Å². The predicted molar refractivity (Wildman–Crippen MR) is 199 cm³/mol. The third kappa shape index (κ3) is 5.09. The highest BCUT2D eigenvalue weighted by Gasteiger charge is 2.19. The van der Waals surface area contributed by atoms with Gasteiger partial charge in [-0.2, -0.15) is 0 Å². The Bertz CT molecular complexity index is 2760. The first-order valence-electron chi connectivity index (χ1n) is 16.7. The Kier molecular flexibility index (Phi) is 7.21. The summed E-state index contributed by atoms with van der Waals surface area (Å²) in [5.74, 6) is 0. The van der Waals surface area contributed by atoms with Crippen LogP contribution in [-0.4, -0.2) is 26.2 Å². The van der Waals surface area contributed by atoms with Crippen LogP contribution in [0.15, 0.2) is 164 Å². The quantitative estimate of drug-likeness (QED) is 0.168. The Morgan fingerprint density at radius 2 is 0.660 bits per heavy atom. The van der Waals surface area contributed by atoms with E-state index in [0.29, 0.717) is 5.56 Å². The first kappa shape index (κ1) is 29.3. The highest BCUT2D eigenvalue weighted by molar-refractivity contribution is 5.90. The highest BCUT2D eigenvalue weighted by Crippen LogP contribution is 2.28. The van der Waals surface area contributed by atoms with E-state index >= 15 is 0 Å². The lowest BCUT2D eigenvalue weighted by Crippen LogP contribution is -2.19. The number of hydrogen-bond acceptors (Lipinski definition) is 1. The zero-order chi connectivity index (χ0) is 33.4. The van der Waals surface area contributed by atoms with Gasteiger partial charge in [-0.3, -0.25) is 4.79 Å². The van der Waals surface area contributed by atoms with Crippen LogP contribution in [0.25, 0.3) is 22.3 Å². The second kappa shape index (κ2) is 12.3. The van der Waals surface area contributed by atoms with Crippen molar-refractivity contribution in [2.45, 2.75) is 0 Å². The third-order valence-electron chi connectivity index (χ3n) is 9.44. The second-order valence-corrected chi connectivity index (χ2v) is 12.4. The number of carbonyl (C=O) groups is 1. The second-order valence-electron chi connectivity index (χ2n) is 12.4. The molecular formula is C45H32N4O. The zero-order valence-corrected chi connectivity index (χ0v) is 27.1. The molecule has 8 aromatic rings. The minimum Gasteiger partial charge on any atom is -0.354 e. The molecule has 4 aromatic heterocycles. The van der Waals surface area contributed by atoms with Crippen LogP contribution < -0.4 is 21.4 Å². The number of carbonyl (C=O) groups excluding carboxylic acids is 1. The summed E-state index contributed by atoms with van der Waals surface area (Å²) in [6.07, 6.45) is 0.930. The van der Waals surface area contributed by atoms with E-state index in [1.807, 2.05) is 42.5 Å². The van der Waals surface area contributed by atoms with Crippen LogP contribution in [0.4, 0.5) is 0 Å². The smallest absolute Gasteiger partial charge is 0.150 e. The van der Waals surface area contributed by atoms with Crippen LogP contribution >= 0.6 is 0 Å². The number of aldehydes is 1. The van der Waals surface area contributed by atoms with Crippen molar-refractivity contribution in [2.75, 3.05) is 0 Å². The van der Waals surface area contributed by atoms with Gasteiger partial charge >= 0.3 is 0 Å². The molecule has 0 unspecified atom stereocenters. The molecule has 0 saturated heterocycles. The first-order chi connectivity index (χ1) is 24.7. The number of rotatable bonds is 5. The van der Waals surface area contributed by atoms with Crippen molar-refractivity contribution >= 4 is 28.6 Å². The maximum Gasteiger partial charge on any atom is 0.150 e. The van der Waals surface area contributed by atoms with Crippen LogP contribution in [0.1, 0.15) is 55.4 Å². The van der Waals surface area contributed by atoms with Gasteiger partial charge in [-0.05, 0) is 70.8 Å². The van der Waals surface area contributed by atoms with Crippen molar-refractivity contribution in [3.8, 4) is 0 Å². The molecule has 0 radical (unpaired) electrons. The molecule has 238 valence electrons. The average molecular weight is 645 g/mol.